The Hall–Kier alpha value is -0.840. The molecule has 0 unspecified atom stereocenters. The van der Waals surface area contributed by atoms with Gasteiger partial charge in [0.05, 0.1) is 26.3 Å². The summed E-state index contributed by atoms with van der Waals surface area (Å²) in [5.74, 6) is 0.786. The van der Waals surface area contributed by atoms with Crippen molar-refractivity contribution in [1.82, 2.24) is 5.16 Å². The SMILES string of the molecule is O=C(c1cnoc1C1CC1)c1ccc(Cl)c(Br)c1Cl. The van der Waals surface area contributed by atoms with Crippen molar-refractivity contribution in [3.8, 4) is 0 Å². The molecule has 1 aliphatic rings. The molecule has 0 saturated heterocycles. The zero-order chi connectivity index (χ0) is 13.6. The molecule has 3 rings (SSSR count). The van der Waals surface area contributed by atoms with E-state index in [1.165, 1.54) is 6.20 Å². The van der Waals surface area contributed by atoms with Crippen LogP contribution in [-0.2, 0) is 0 Å². The molecule has 0 bridgehead atoms. The number of nitrogens with zero attached hydrogens (tertiary/aromatic N) is 1. The summed E-state index contributed by atoms with van der Waals surface area (Å²) in [6.07, 6.45) is 3.52. The Morgan fingerprint density at radius 3 is 2.74 bits per heavy atom. The second-order valence-electron chi connectivity index (χ2n) is 4.43. The maximum absolute atomic E-state index is 12.5. The number of ketones is 1. The molecule has 98 valence electrons. The summed E-state index contributed by atoms with van der Waals surface area (Å²) >= 11 is 15.4. The summed E-state index contributed by atoms with van der Waals surface area (Å²) in [6.45, 7) is 0. The lowest BCUT2D eigenvalue weighted by molar-refractivity contribution is 0.103. The third kappa shape index (κ3) is 2.33. The van der Waals surface area contributed by atoms with E-state index in [1.54, 1.807) is 12.1 Å². The second kappa shape index (κ2) is 4.93. The van der Waals surface area contributed by atoms with E-state index >= 15 is 0 Å². The summed E-state index contributed by atoms with van der Waals surface area (Å²) in [4.78, 5) is 12.5. The molecular formula is C13H8BrCl2NO2. The monoisotopic (exact) mass is 359 g/mol. The van der Waals surface area contributed by atoms with Crippen molar-refractivity contribution >= 4 is 44.9 Å². The van der Waals surface area contributed by atoms with Crippen molar-refractivity contribution in [2.45, 2.75) is 18.8 Å². The number of rotatable bonds is 3. The van der Waals surface area contributed by atoms with Crippen LogP contribution in [0.25, 0.3) is 0 Å². The molecule has 1 heterocycles. The van der Waals surface area contributed by atoms with Crippen molar-refractivity contribution < 1.29 is 9.32 Å². The van der Waals surface area contributed by atoms with Crippen molar-refractivity contribution in [3.63, 3.8) is 0 Å². The minimum atomic E-state index is -0.189. The van der Waals surface area contributed by atoms with Crippen LogP contribution in [0, 0.1) is 0 Å². The number of benzene rings is 1. The zero-order valence-corrected chi connectivity index (χ0v) is 12.7. The van der Waals surface area contributed by atoms with Gasteiger partial charge in [-0.25, -0.2) is 0 Å². The second-order valence-corrected chi connectivity index (χ2v) is 6.01. The first-order chi connectivity index (χ1) is 9.09. The summed E-state index contributed by atoms with van der Waals surface area (Å²) in [5.41, 5.74) is 0.877. The van der Waals surface area contributed by atoms with Crippen LogP contribution in [0.15, 0.2) is 27.3 Å². The van der Waals surface area contributed by atoms with Gasteiger partial charge < -0.3 is 4.52 Å². The highest BCUT2D eigenvalue weighted by atomic mass is 79.9. The lowest BCUT2D eigenvalue weighted by Crippen LogP contribution is -2.04. The molecule has 0 radical (unpaired) electrons. The molecule has 6 heteroatoms. The van der Waals surface area contributed by atoms with Gasteiger partial charge >= 0.3 is 0 Å². The summed E-state index contributed by atoms with van der Waals surface area (Å²) in [7, 11) is 0. The molecule has 0 aliphatic heterocycles. The molecule has 19 heavy (non-hydrogen) atoms. The van der Waals surface area contributed by atoms with Crippen LogP contribution in [0.2, 0.25) is 10.0 Å². The van der Waals surface area contributed by atoms with Crippen molar-refractivity contribution in [2.75, 3.05) is 0 Å². The highest BCUT2D eigenvalue weighted by Gasteiger charge is 2.33. The molecule has 0 amide bonds. The van der Waals surface area contributed by atoms with Crippen molar-refractivity contribution in [2.24, 2.45) is 0 Å². The Morgan fingerprint density at radius 2 is 2.05 bits per heavy atom. The molecule has 1 saturated carbocycles. The summed E-state index contributed by atoms with van der Waals surface area (Å²) in [6, 6.07) is 3.25. The van der Waals surface area contributed by atoms with Gasteiger partial charge in [-0.3, -0.25) is 4.79 Å². The lowest BCUT2D eigenvalue weighted by atomic mass is 10.0. The van der Waals surface area contributed by atoms with E-state index in [1.807, 2.05) is 0 Å². The quantitative estimate of drug-likeness (QED) is 0.580. The molecule has 0 atom stereocenters. The predicted molar refractivity (Wildman–Crippen MR) is 76.1 cm³/mol. The normalized spacial score (nSPS) is 14.7. The van der Waals surface area contributed by atoms with Gasteiger partial charge in [0.25, 0.3) is 0 Å². The van der Waals surface area contributed by atoms with E-state index in [-0.39, 0.29) is 5.78 Å². The van der Waals surface area contributed by atoms with Crippen molar-refractivity contribution in [3.05, 3.63) is 49.7 Å². The smallest absolute Gasteiger partial charge is 0.199 e. The van der Waals surface area contributed by atoms with Gasteiger partial charge in [-0.2, -0.15) is 0 Å². The Bertz CT molecular complexity index is 665. The maximum atomic E-state index is 12.5. The van der Waals surface area contributed by atoms with E-state index in [4.69, 9.17) is 27.7 Å². The number of hydrogen-bond donors (Lipinski definition) is 0. The molecule has 1 aromatic heterocycles. The van der Waals surface area contributed by atoms with Gasteiger partial charge in [0.15, 0.2) is 11.5 Å². The van der Waals surface area contributed by atoms with E-state index in [0.29, 0.717) is 37.3 Å². The highest BCUT2D eigenvalue weighted by Crippen LogP contribution is 2.42. The Kier molecular flexibility index (Phi) is 3.41. The number of aromatic nitrogens is 1. The fraction of sp³-hybridized carbons (Fsp3) is 0.231. The Labute approximate surface area is 128 Å². The largest absolute Gasteiger partial charge is 0.360 e. The van der Waals surface area contributed by atoms with Gasteiger partial charge in [0, 0.05) is 11.5 Å². The van der Waals surface area contributed by atoms with Gasteiger partial charge in [0.2, 0.25) is 0 Å². The molecule has 1 aliphatic carbocycles. The first kappa shape index (κ1) is 13.2. The molecule has 0 N–H and O–H groups in total. The van der Waals surface area contributed by atoms with Gasteiger partial charge in [-0.05, 0) is 40.9 Å². The van der Waals surface area contributed by atoms with Gasteiger partial charge in [0.1, 0.15) is 0 Å². The molecule has 2 aromatic rings. The van der Waals surface area contributed by atoms with Crippen LogP contribution in [0.4, 0.5) is 0 Å². The number of halogens is 3. The molecule has 0 spiro atoms. The average molecular weight is 361 g/mol. The molecule has 1 fully saturated rings. The maximum Gasteiger partial charge on any atom is 0.199 e. The van der Waals surface area contributed by atoms with Gasteiger partial charge in [-0.15, -0.1) is 0 Å². The first-order valence-electron chi connectivity index (χ1n) is 5.72. The Morgan fingerprint density at radius 1 is 1.32 bits per heavy atom. The number of carbonyl (C=O) groups is 1. The fourth-order valence-electron chi connectivity index (χ4n) is 1.91. The molecular weight excluding hydrogens is 353 g/mol. The van der Waals surface area contributed by atoms with Crippen LogP contribution in [-0.4, -0.2) is 10.9 Å². The highest BCUT2D eigenvalue weighted by molar-refractivity contribution is 9.10. The first-order valence-corrected chi connectivity index (χ1v) is 7.27. The van der Waals surface area contributed by atoms with Crippen LogP contribution in [0.5, 0.6) is 0 Å². The minimum absolute atomic E-state index is 0.189. The average Bonchev–Trinajstić information content (AvgIpc) is 3.13. The lowest BCUT2D eigenvalue weighted by Gasteiger charge is -2.06. The van der Waals surface area contributed by atoms with Crippen LogP contribution < -0.4 is 0 Å². The summed E-state index contributed by atoms with van der Waals surface area (Å²) in [5, 5.41) is 4.50. The molecule has 3 nitrogen and oxygen atoms in total. The fourth-order valence-corrected chi connectivity index (χ4v) is 2.71. The zero-order valence-electron chi connectivity index (χ0n) is 9.62. The minimum Gasteiger partial charge on any atom is -0.360 e. The summed E-state index contributed by atoms with van der Waals surface area (Å²) < 4.78 is 5.69. The topological polar surface area (TPSA) is 43.1 Å². The third-order valence-corrected chi connectivity index (χ3v) is 5.06. The standard InChI is InChI=1S/C13H8BrCl2NO2/c14-10-9(15)4-3-7(11(10)16)12(18)8-5-17-19-13(8)6-1-2-6/h3-6H,1-2H2. The van der Waals surface area contributed by atoms with E-state index in [2.05, 4.69) is 21.1 Å². The predicted octanol–water partition coefficient (Wildman–Crippen LogP) is 4.85. The van der Waals surface area contributed by atoms with Crippen LogP contribution >= 0.6 is 39.1 Å². The van der Waals surface area contributed by atoms with Crippen LogP contribution in [0.1, 0.15) is 40.4 Å². The number of carbonyl (C=O) groups excluding carboxylic acids is 1. The van der Waals surface area contributed by atoms with E-state index < -0.39 is 0 Å². The Balaban J connectivity index is 2.04. The van der Waals surface area contributed by atoms with Gasteiger partial charge in [-0.1, -0.05) is 28.4 Å². The van der Waals surface area contributed by atoms with E-state index in [9.17, 15) is 4.79 Å². The van der Waals surface area contributed by atoms with Crippen LogP contribution in [0.3, 0.4) is 0 Å². The van der Waals surface area contributed by atoms with Crippen molar-refractivity contribution in [1.29, 1.82) is 0 Å². The molecule has 1 aromatic carbocycles. The third-order valence-electron chi connectivity index (χ3n) is 3.07. The number of hydrogen-bond acceptors (Lipinski definition) is 3. The van der Waals surface area contributed by atoms with E-state index in [0.717, 1.165) is 12.8 Å².